The zero-order chi connectivity index (χ0) is 16.4. The van der Waals surface area contributed by atoms with Crippen molar-refractivity contribution in [2.24, 2.45) is 5.92 Å². The van der Waals surface area contributed by atoms with Gasteiger partial charge in [0.25, 0.3) is 5.91 Å². The average molecular weight is 320 g/mol. The highest BCUT2D eigenvalue weighted by Crippen LogP contribution is 2.32. The van der Waals surface area contributed by atoms with Crippen LogP contribution in [0, 0.1) is 12.8 Å². The molecular weight excluding hydrogens is 296 g/mol. The van der Waals surface area contributed by atoms with E-state index >= 15 is 0 Å². The molecule has 0 saturated carbocycles. The van der Waals surface area contributed by atoms with E-state index in [1.165, 1.54) is 0 Å². The summed E-state index contributed by atoms with van der Waals surface area (Å²) in [5, 5.41) is 0. The molecule has 126 valence electrons. The monoisotopic (exact) mass is 320 g/mol. The lowest BCUT2D eigenvalue weighted by Gasteiger charge is -2.21. The molecule has 2 saturated heterocycles. The smallest absolute Gasteiger partial charge is 0.274 e. The average Bonchev–Trinajstić information content (AvgIpc) is 3.10. The topological polar surface area (TPSA) is 67.8 Å². The normalized spacial score (nSPS) is 26.8. The third-order valence-corrected chi connectivity index (χ3v) is 4.48. The number of likely N-dealkylation sites (tertiary alicyclic amines) is 1. The van der Waals surface area contributed by atoms with Crippen molar-refractivity contribution in [2.75, 3.05) is 47.0 Å². The van der Waals surface area contributed by atoms with Gasteiger partial charge in [0.05, 0.1) is 43.9 Å². The Morgan fingerprint density at radius 3 is 2.91 bits per heavy atom. The van der Waals surface area contributed by atoms with Gasteiger partial charge in [0.1, 0.15) is 5.69 Å². The first-order valence-electron chi connectivity index (χ1n) is 8.00. The van der Waals surface area contributed by atoms with E-state index in [1.54, 1.807) is 12.4 Å². The van der Waals surface area contributed by atoms with Gasteiger partial charge >= 0.3 is 0 Å². The lowest BCUT2D eigenvalue weighted by atomic mass is 10.0. The third kappa shape index (κ3) is 3.52. The van der Waals surface area contributed by atoms with Crippen LogP contribution in [-0.2, 0) is 9.47 Å². The summed E-state index contributed by atoms with van der Waals surface area (Å²) in [6.07, 6.45) is 3.20. The summed E-state index contributed by atoms with van der Waals surface area (Å²) in [6.45, 7) is 5.20. The minimum absolute atomic E-state index is 0.0322. The standard InChI is InChI=1S/C16H24N4O3/c1-11-6-18-13(7-17-11)16(21)20-8-15(23-5-4-19(2)3)12-9-22-10-14(12)20/h6-7,12,14-15H,4-5,8-10H2,1-3H3/t12-,14+,15-/m0/s1. The number of nitrogens with zero attached hydrogens (tertiary/aromatic N) is 4. The summed E-state index contributed by atoms with van der Waals surface area (Å²) >= 11 is 0. The second-order valence-corrected chi connectivity index (χ2v) is 6.48. The number of rotatable bonds is 5. The van der Waals surface area contributed by atoms with Crippen LogP contribution in [0.4, 0.5) is 0 Å². The number of aromatic nitrogens is 2. The molecule has 0 spiro atoms. The predicted octanol–water partition coefficient (Wildman–Crippen LogP) is 0.203. The molecule has 7 heteroatoms. The van der Waals surface area contributed by atoms with Gasteiger partial charge in [-0.2, -0.15) is 0 Å². The highest BCUT2D eigenvalue weighted by atomic mass is 16.5. The molecule has 3 atom stereocenters. The lowest BCUT2D eigenvalue weighted by Crippen LogP contribution is -2.38. The molecule has 2 aliphatic heterocycles. The first kappa shape index (κ1) is 16.3. The van der Waals surface area contributed by atoms with Gasteiger partial charge in [-0.25, -0.2) is 4.98 Å². The first-order chi connectivity index (χ1) is 11.1. The Balaban J connectivity index is 1.67. The molecule has 2 aliphatic rings. The number of hydrogen-bond donors (Lipinski definition) is 0. The first-order valence-corrected chi connectivity index (χ1v) is 8.00. The summed E-state index contributed by atoms with van der Waals surface area (Å²) in [6, 6.07) is 0.0787. The summed E-state index contributed by atoms with van der Waals surface area (Å²) in [5.74, 6) is 0.163. The highest BCUT2D eigenvalue weighted by Gasteiger charge is 2.48. The van der Waals surface area contributed by atoms with Crippen LogP contribution in [0.15, 0.2) is 12.4 Å². The molecule has 0 aromatic carbocycles. The van der Waals surface area contributed by atoms with Crippen LogP contribution in [0.1, 0.15) is 16.2 Å². The maximum absolute atomic E-state index is 12.7. The van der Waals surface area contributed by atoms with Crippen molar-refractivity contribution in [1.82, 2.24) is 19.8 Å². The molecule has 3 heterocycles. The molecule has 0 bridgehead atoms. The number of amides is 1. The van der Waals surface area contributed by atoms with Crippen molar-refractivity contribution in [3.63, 3.8) is 0 Å². The molecule has 3 rings (SSSR count). The van der Waals surface area contributed by atoms with E-state index in [4.69, 9.17) is 9.47 Å². The van der Waals surface area contributed by atoms with Gasteiger partial charge in [-0.05, 0) is 21.0 Å². The summed E-state index contributed by atoms with van der Waals surface area (Å²) in [5.41, 5.74) is 1.19. The molecule has 23 heavy (non-hydrogen) atoms. The number of aryl methyl sites for hydroxylation is 1. The molecule has 0 aliphatic carbocycles. The Kier molecular flexibility index (Phi) is 4.89. The van der Waals surface area contributed by atoms with E-state index in [0.29, 0.717) is 32.1 Å². The van der Waals surface area contributed by atoms with E-state index in [1.807, 2.05) is 25.9 Å². The van der Waals surface area contributed by atoms with Crippen molar-refractivity contribution in [2.45, 2.75) is 19.1 Å². The van der Waals surface area contributed by atoms with E-state index in [9.17, 15) is 4.79 Å². The number of likely N-dealkylation sites (N-methyl/N-ethyl adjacent to an activating group) is 1. The zero-order valence-corrected chi connectivity index (χ0v) is 13.9. The van der Waals surface area contributed by atoms with Crippen LogP contribution >= 0.6 is 0 Å². The maximum Gasteiger partial charge on any atom is 0.274 e. The van der Waals surface area contributed by atoms with Crippen LogP contribution in [0.25, 0.3) is 0 Å². The largest absolute Gasteiger partial charge is 0.379 e. The second kappa shape index (κ2) is 6.90. The van der Waals surface area contributed by atoms with E-state index in [0.717, 1.165) is 12.2 Å². The van der Waals surface area contributed by atoms with Crippen molar-refractivity contribution >= 4 is 5.91 Å². The number of carbonyl (C=O) groups is 1. The van der Waals surface area contributed by atoms with Crippen molar-refractivity contribution in [1.29, 1.82) is 0 Å². The predicted molar refractivity (Wildman–Crippen MR) is 84.2 cm³/mol. The fourth-order valence-corrected chi connectivity index (χ4v) is 3.15. The highest BCUT2D eigenvalue weighted by molar-refractivity contribution is 5.92. The number of carbonyl (C=O) groups excluding carboxylic acids is 1. The van der Waals surface area contributed by atoms with Crippen LogP contribution in [0.5, 0.6) is 0 Å². The molecule has 1 aromatic heterocycles. The fraction of sp³-hybridized carbons (Fsp3) is 0.688. The van der Waals surface area contributed by atoms with Crippen molar-refractivity contribution < 1.29 is 14.3 Å². The molecule has 2 fully saturated rings. The second-order valence-electron chi connectivity index (χ2n) is 6.48. The molecular formula is C16H24N4O3. The molecule has 0 radical (unpaired) electrons. The molecule has 0 unspecified atom stereocenters. The summed E-state index contributed by atoms with van der Waals surface area (Å²) < 4.78 is 11.6. The summed E-state index contributed by atoms with van der Waals surface area (Å²) in [4.78, 5) is 25.0. The Morgan fingerprint density at radius 2 is 2.22 bits per heavy atom. The van der Waals surface area contributed by atoms with Crippen LogP contribution in [-0.4, -0.2) is 84.8 Å². The van der Waals surface area contributed by atoms with Gasteiger partial charge < -0.3 is 19.3 Å². The van der Waals surface area contributed by atoms with E-state index < -0.39 is 0 Å². The number of fused-ring (bicyclic) bond motifs is 1. The van der Waals surface area contributed by atoms with Gasteiger partial charge in [0.2, 0.25) is 0 Å². The zero-order valence-electron chi connectivity index (χ0n) is 13.9. The molecule has 0 N–H and O–H groups in total. The lowest BCUT2D eigenvalue weighted by molar-refractivity contribution is 0.0135. The Morgan fingerprint density at radius 1 is 1.39 bits per heavy atom. The molecule has 1 amide bonds. The van der Waals surface area contributed by atoms with Gasteiger partial charge in [-0.3, -0.25) is 9.78 Å². The summed E-state index contributed by atoms with van der Waals surface area (Å²) in [7, 11) is 4.04. The Hall–Kier alpha value is -1.57. The van der Waals surface area contributed by atoms with Crippen molar-refractivity contribution in [3.8, 4) is 0 Å². The minimum Gasteiger partial charge on any atom is -0.379 e. The maximum atomic E-state index is 12.7. The number of hydrogen-bond acceptors (Lipinski definition) is 6. The minimum atomic E-state index is -0.0864. The van der Waals surface area contributed by atoms with Gasteiger partial charge in [-0.1, -0.05) is 0 Å². The van der Waals surface area contributed by atoms with Crippen LogP contribution in [0.2, 0.25) is 0 Å². The SMILES string of the molecule is Cc1cnc(C(=O)N2C[C@H](OCCN(C)C)[C@H]3COC[C@H]32)cn1. The molecule has 1 aromatic rings. The van der Waals surface area contributed by atoms with Crippen LogP contribution in [0.3, 0.4) is 0 Å². The fourth-order valence-electron chi connectivity index (χ4n) is 3.15. The van der Waals surface area contributed by atoms with Crippen LogP contribution < -0.4 is 0 Å². The van der Waals surface area contributed by atoms with Crippen molar-refractivity contribution in [3.05, 3.63) is 23.8 Å². The van der Waals surface area contributed by atoms with E-state index in [2.05, 4.69) is 14.9 Å². The van der Waals surface area contributed by atoms with Gasteiger partial charge in [0.15, 0.2) is 0 Å². The number of ether oxygens (including phenoxy) is 2. The molecule has 7 nitrogen and oxygen atoms in total. The Bertz CT molecular complexity index is 549. The van der Waals surface area contributed by atoms with E-state index in [-0.39, 0.29) is 24.0 Å². The quantitative estimate of drug-likeness (QED) is 0.772. The Labute approximate surface area is 136 Å². The van der Waals surface area contributed by atoms with Gasteiger partial charge in [0, 0.05) is 25.2 Å². The third-order valence-electron chi connectivity index (χ3n) is 4.48. The van der Waals surface area contributed by atoms with Gasteiger partial charge in [-0.15, -0.1) is 0 Å².